The number of benzene rings is 1. The van der Waals surface area contributed by atoms with E-state index in [1.807, 2.05) is 0 Å². The van der Waals surface area contributed by atoms with Crippen LogP contribution in [0.5, 0.6) is 5.75 Å². The molecule has 5 N–H and O–H groups in total. The molecule has 0 fully saturated rings. The van der Waals surface area contributed by atoms with E-state index in [-0.39, 0.29) is 11.3 Å². The average molecular weight is 237 g/mol. The first-order valence-corrected chi connectivity index (χ1v) is 4.99. The summed E-state index contributed by atoms with van der Waals surface area (Å²) in [6.45, 7) is 1.50. The van der Waals surface area contributed by atoms with Crippen LogP contribution in [-0.4, -0.2) is 25.0 Å². The molecule has 1 unspecified atom stereocenters. The smallest absolute Gasteiger partial charge is 0.254 e. The third-order valence-electron chi connectivity index (χ3n) is 2.28. The van der Waals surface area contributed by atoms with E-state index in [4.69, 9.17) is 16.2 Å². The lowest BCUT2D eigenvalue weighted by Gasteiger charge is -2.12. The number of amides is 2. The zero-order valence-electron chi connectivity index (χ0n) is 9.69. The van der Waals surface area contributed by atoms with Gasteiger partial charge in [-0.3, -0.25) is 9.59 Å². The summed E-state index contributed by atoms with van der Waals surface area (Å²) in [6, 6.07) is 3.92. The number of hydrogen-bond acceptors (Lipinski definition) is 4. The Balaban J connectivity index is 2.86. The highest BCUT2D eigenvalue weighted by atomic mass is 16.5. The predicted molar refractivity (Wildman–Crippen MR) is 63.5 cm³/mol. The van der Waals surface area contributed by atoms with Gasteiger partial charge in [0, 0.05) is 11.8 Å². The molecule has 6 heteroatoms. The van der Waals surface area contributed by atoms with Crippen LogP contribution in [0.1, 0.15) is 17.3 Å². The van der Waals surface area contributed by atoms with Gasteiger partial charge < -0.3 is 21.5 Å². The second-order valence-electron chi connectivity index (χ2n) is 3.55. The van der Waals surface area contributed by atoms with Crippen LogP contribution in [0.4, 0.5) is 5.69 Å². The van der Waals surface area contributed by atoms with Crippen LogP contribution in [0.25, 0.3) is 0 Å². The molecular weight excluding hydrogens is 222 g/mol. The van der Waals surface area contributed by atoms with Gasteiger partial charge >= 0.3 is 0 Å². The molecule has 0 radical (unpaired) electrons. The number of nitrogens with two attached hydrogens (primary N) is 2. The van der Waals surface area contributed by atoms with Crippen molar-refractivity contribution in [3.63, 3.8) is 0 Å². The fourth-order valence-corrected chi connectivity index (χ4v) is 1.22. The summed E-state index contributed by atoms with van der Waals surface area (Å²) in [5.41, 5.74) is 11.3. The van der Waals surface area contributed by atoms with Gasteiger partial charge in [0.15, 0.2) is 0 Å². The van der Waals surface area contributed by atoms with Crippen molar-refractivity contribution in [3.8, 4) is 5.75 Å². The molecule has 0 spiro atoms. The van der Waals surface area contributed by atoms with Crippen LogP contribution in [-0.2, 0) is 4.79 Å². The van der Waals surface area contributed by atoms with Gasteiger partial charge in [-0.15, -0.1) is 0 Å². The van der Waals surface area contributed by atoms with Crippen LogP contribution in [0.3, 0.4) is 0 Å². The SMILES string of the molecule is COc1ccc(C(=O)NC(C)C(N)=O)c(N)c1. The normalized spacial score (nSPS) is 11.6. The fraction of sp³-hybridized carbons (Fsp3) is 0.273. The Labute approximate surface area is 98.9 Å². The number of rotatable bonds is 4. The van der Waals surface area contributed by atoms with Gasteiger partial charge in [-0.25, -0.2) is 0 Å². The first-order valence-electron chi connectivity index (χ1n) is 4.99. The Morgan fingerprint density at radius 2 is 2.06 bits per heavy atom. The quantitative estimate of drug-likeness (QED) is 0.634. The number of hydrogen-bond donors (Lipinski definition) is 3. The molecule has 0 saturated carbocycles. The van der Waals surface area contributed by atoms with E-state index < -0.39 is 17.9 Å². The number of nitrogens with one attached hydrogen (secondary N) is 1. The molecule has 0 aliphatic carbocycles. The lowest BCUT2D eigenvalue weighted by Crippen LogP contribution is -2.42. The average Bonchev–Trinajstić information content (AvgIpc) is 2.28. The highest BCUT2D eigenvalue weighted by Crippen LogP contribution is 2.19. The fourth-order valence-electron chi connectivity index (χ4n) is 1.22. The Hall–Kier alpha value is -2.24. The van der Waals surface area contributed by atoms with Crippen molar-refractivity contribution >= 4 is 17.5 Å². The summed E-state index contributed by atoms with van der Waals surface area (Å²) in [4.78, 5) is 22.5. The second kappa shape index (κ2) is 5.20. The molecule has 0 aromatic heterocycles. The third-order valence-corrected chi connectivity index (χ3v) is 2.28. The highest BCUT2D eigenvalue weighted by molar-refractivity contribution is 6.01. The topological polar surface area (TPSA) is 107 Å². The van der Waals surface area contributed by atoms with E-state index in [2.05, 4.69) is 5.32 Å². The minimum Gasteiger partial charge on any atom is -0.497 e. The summed E-state index contributed by atoms with van der Waals surface area (Å²) >= 11 is 0. The van der Waals surface area contributed by atoms with Crippen LogP contribution >= 0.6 is 0 Å². The first kappa shape index (κ1) is 12.8. The Bertz CT molecular complexity index is 446. The van der Waals surface area contributed by atoms with Gasteiger partial charge in [-0.05, 0) is 19.1 Å². The van der Waals surface area contributed by atoms with Gasteiger partial charge in [0.05, 0.1) is 12.7 Å². The van der Waals surface area contributed by atoms with E-state index in [1.54, 1.807) is 6.07 Å². The molecule has 1 atom stereocenters. The summed E-state index contributed by atoms with van der Waals surface area (Å²) in [6.07, 6.45) is 0. The summed E-state index contributed by atoms with van der Waals surface area (Å²) in [5.74, 6) is -0.496. The van der Waals surface area contributed by atoms with Crippen LogP contribution in [0.15, 0.2) is 18.2 Å². The third kappa shape index (κ3) is 3.10. The van der Waals surface area contributed by atoms with E-state index in [9.17, 15) is 9.59 Å². The van der Waals surface area contributed by atoms with Gasteiger partial charge in [0.25, 0.3) is 5.91 Å². The number of carbonyl (C=O) groups is 2. The minimum atomic E-state index is -0.746. The second-order valence-corrected chi connectivity index (χ2v) is 3.55. The molecule has 0 aliphatic heterocycles. The molecule has 2 amide bonds. The number of anilines is 1. The van der Waals surface area contributed by atoms with Gasteiger partial charge in [0.1, 0.15) is 11.8 Å². The molecule has 0 heterocycles. The maximum Gasteiger partial charge on any atom is 0.254 e. The number of nitrogen functional groups attached to an aromatic ring is 1. The molecule has 92 valence electrons. The molecule has 0 aliphatic rings. The van der Waals surface area contributed by atoms with Crippen LogP contribution in [0.2, 0.25) is 0 Å². The molecule has 1 aromatic carbocycles. The summed E-state index contributed by atoms with van der Waals surface area (Å²) < 4.78 is 4.96. The molecular formula is C11H15N3O3. The predicted octanol–water partition coefficient (Wildman–Crippen LogP) is -0.119. The van der Waals surface area contributed by atoms with Crippen molar-refractivity contribution in [1.29, 1.82) is 0 Å². The van der Waals surface area contributed by atoms with E-state index in [0.29, 0.717) is 5.75 Å². The largest absolute Gasteiger partial charge is 0.497 e. The van der Waals surface area contributed by atoms with Crippen molar-refractivity contribution in [3.05, 3.63) is 23.8 Å². The number of primary amides is 1. The minimum absolute atomic E-state index is 0.276. The van der Waals surface area contributed by atoms with Crippen molar-refractivity contribution < 1.29 is 14.3 Å². The molecule has 17 heavy (non-hydrogen) atoms. The zero-order valence-corrected chi connectivity index (χ0v) is 9.69. The lowest BCUT2D eigenvalue weighted by atomic mass is 10.1. The zero-order chi connectivity index (χ0) is 13.0. The number of ether oxygens (including phenoxy) is 1. The Morgan fingerprint density at radius 1 is 1.41 bits per heavy atom. The molecule has 0 saturated heterocycles. The molecule has 6 nitrogen and oxygen atoms in total. The van der Waals surface area contributed by atoms with E-state index >= 15 is 0 Å². The van der Waals surface area contributed by atoms with Gasteiger partial charge in [0.2, 0.25) is 5.91 Å². The summed E-state index contributed by atoms with van der Waals surface area (Å²) in [5, 5.41) is 2.44. The maximum absolute atomic E-state index is 11.7. The van der Waals surface area contributed by atoms with Crippen molar-refractivity contribution in [2.24, 2.45) is 5.73 Å². The summed E-state index contributed by atoms with van der Waals surface area (Å²) in [7, 11) is 1.50. The molecule has 1 aromatic rings. The standard InChI is InChI=1S/C11H15N3O3/c1-6(10(13)15)14-11(16)8-4-3-7(17-2)5-9(8)12/h3-6H,12H2,1-2H3,(H2,13,15)(H,14,16). The number of methoxy groups -OCH3 is 1. The van der Waals surface area contributed by atoms with E-state index in [1.165, 1.54) is 26.2 Å². The van der Waals surface area contributed by atoms with Gasteiger partial charge in [-0.2, -0.15) is 0 Å². The van der Waals surface area contributed by atoms with Crippen molar-refractivity contribution in [2.75, 3.05) is 12.8 Å². The monoisotopic (exact) mass is 237 g/mol. The van der Waals surface area contributed by atoms with Gasteiger partial charge in [-0.1, -0.05) is 0 Å². The lowest BCUT2D eigenvalue weighted by molar-refractivity contribution is -0.119. The Kier molecular flexibility index (Phi) is 3.92. The molecule has 0 bridgehead atoms. The maximum atomic E-state index is 11.7. The number of carbonyl (C=O) groups excluding carboxylic acids is 2. The molecule has 1 rings (SSSR count). The van der Waals surface area contributed by atoms with Crippen molar-refractivity contribution in [2.45, 2.75) is 13.0 Å². The van der Waals surface area contributed by atoms with Crippen LogP contribution < -0.4 is 21.5 Å². The Morgan fingerprint density at radius 3 is 2.53 bits per heavy atom. The highest BCUT2D eigenvalue weighted by Gasteiger charge is 2.15. The van der Waals surface area contributed by atoms with Crippen LogP contribution in [0, 0.1) is 0 Å². The van der Waals surface area contributed by atoms with Crippen molar-refractivity contribution in [1.82, 2.24) is 5.32 Å². The first-order chi connectivity index (χ1) is 7.95. The van der Waals surface area contributed by atoms with E-state index in [0.717, 1.165) is 0 Å².